The predicted octanol–water partition coefficient (Wildman–Crippen LogP) is 3.73. The van der Waals surface area contributed by atoms with Crippen molar-refractivity contribution in [2.45, 2.75) is 30.8 Å². The van der Waals surface area contributed by atoms with Crippen molar-refractivity contribution < 1.29 is 13.2 Å². The van der Waals surface area contributed by atoms with Gasteiger partial charge in [0.05, 0.1) is 0 Å². The van der Waals surface area contributed by atoms with Crippen molar-refractivity contribution in [2.24, 2.45) is 0 Å². The van der Waals surface area contributed by atoms with Crippen molar-refractivity contribution in [3.05, 3.63) is 29.8 Å². The van der Waals surface area contributed by atoms with Crippen LogP contribution in [0, 0.1) is 0 Å². The molecule has 0 saturated carbocycles. The number of hydrogen-bond donors (Lipinski definition) is 1. The topological polar surface area (TPSA) is 15.3 Å². The van der Waals surface area contributed by atoms with Crippen LogP contribution in [0.5, 0.6) is 0 Å². The lowest BCUT2D eigenvalue weighted by Gasteiger charge is -2.18. The summed E-state index contributed by atoms with van der Waals surface area (Å²) in [5.41, 5.74) is -3.22. The largest absolute Gasteiger partial charge is 0.446 e. The summed E-state index contributed by atoms with van der Waals surface area (Å²) in [5, 5.41) is 3.30. The summed E-state index contributed by atoms with van der Waals surface area (Å²) in [6.07, 6.45) is 0. The fourth-order valence-corrected chi connectivity index (χ4v) is 2.36. The van der Waals surface area contributed by atoms with E-state index in [0.717, 1.165) is 31.7 Å². The van der Waals surface area contributed by atoms with Gasteiger partial charge in [0.25, 0.3) is 0 Å². The standard InChI is InChI=1S/C14H21F3N2S/c1-3-19(4-2)10-9-18-11-12-5-7-13(8-6-12)20-14(15,16)17/h5-8,18H,3-4,9-11H2,1-2H3. The van der Waals surface area contributed by atoms with E-state index in [9.17, 15) is 13.2 Å². The van der Waals surface area contributed by atoms with Crippen molar-refractivity contribution in [1.29, 1.82) is 0 Å². The van der Waals surface area contributed by atoms with Gasteiger partial charge in [-0.3, -0.25) is 0 Å². The van der Waals surface area contributed by atoms with E-state index in [2.05, 4.69) is 24.1 Å². The highest BCUT2D eigenvalue weighted by molar-refractivity contribution is 8.00. The Bertz CT molecular complexity index is 375. The molecule has 0 atom stereocenters. The first-order valence-electron chi connectivity index (χ1n) is 6.72. The smallest absolute Gasteiger partial charge is 0.311 e. The number of halogens is 3. The lowest BCUT2D eigenvalue weighted by Crippen LogP contribution is -2.31. The fourth-order valence-electron chi connectivity index (χ4n) is 1.82. The van der Waals surface area contributed by atoms with E-state index in [0.29, 0.717) is 6.54 Å². The van der Waals surface area contributed by atoms with Gasteiger partial charge in [0.1, 0.15) is 0 Å². The normalized spacial score (nSPS) is 12.1. The lowest BCUT2D eigenvalue weighted by atomic mass is 10.2. The summed E-state index contributed by atoms with van der Waals surface area (Å²) >= 11 is -0.0794. The van der Waals surface area contributed by atoms with E-state index in [4.69, 9.17) is 0 Å². The molecule has 0 aliphatic heterocycles. The fraction of sp³-hybridized carbons (Fsp3) is 0.571. The Balaban J connectivity index is 2.31. The number of rotatable bonds is 8. The molecule has 0 fully saturated rings. The number of nitrogens with zero attached hydrogens (tertiary/aromatic N) is 1. The first-order chi connectivity index (χ1) is 9.44. The number of likely N-dealkylation sites (N-methyl/N-ethyl adjacent to an activating group) is 1. The van der Waals surface area contributed by atoms with Crippen LogP contribution >= 0.6 is 11.8 Å². The van der Waals surface area contributed by atoms with E-state index in [1.807, 2.05) is 0 Å². The second kappa shape index (κ2) is 8.54. The number of nitrogens with one attached hydrogen (secondary N) is 1. The van der Waals surface area contributed by atoms with Crippen LogP contribution in [0.2, 0.25) is 0 Å². The summed E-state index contributed by atoms with van der Waals surface area (Å²) < 4.78 is 36.5. The molecule has 0 amide bonds. The molecule has 2 nitrogen and oxygen atoms in total. The van der Waals surface area contributed by atoms with Gasteiger partial charge >= 0.3 is 5.51 Å². The molecule has 0 spiro atoms. The summed E-state index contributed by atoms with van der Waals surface area (Å²) in [7, 11) is 0. The second-order valence-corrected chi connectivity index (χ2v) is 5.53. The highest BCUT2D eigenvalue weighted by atomic mass is 32.2. The molecule has 0 unspecified atom stereocenters. The minimum absolute atomic E-state index is 0.0794. The SMILES string of the molecule is CCN(CC)CCNCc1ccc(SC(F)(F)F)cc1. The predicted molar refractivity (Wildman–Crippen MR) is 77.8 cm³/mol. The zero-order valence-corrected chi connectivity index (χ0v) is 12.7. The molecule has 0 aliphatic carbocycles. The third-order valence-corrected chi connectivity index (χ3v) is 3.72. The van der Waals surface area contributed by atoms with Gasteiger partial charge in [0.15, 0.2) is 0 Å². The Hall–Kier alpha value is -0.720. The lowest BCUT2D eigenvalue weighted by molar-refractivity contribution is -0.0328. The molecule has 0 aliphatic rings. The van der Waals surface area contributed by atoms with Gasteiger partial charge in [-0.25, -0.2) is 0 Å². The monoisotopic (exact) mass is 306 g/mol. The van der Waals surface area contributed by atoms with Crippen LogP contribution < -0.4 is 5.32 Å². The zero-order valence-electron chi connectivity index (χ0n) is 11.8. The van der Waals surface area contributed by atoms with Crippen LogP contribution in [0.25, 0.3) is 0 Å². The Morgan fingerprint density at radius 1 is 1.10 bits per heavy atom. The molecular weight excluding hydrogens is 285 g/mol. The Morgan fingerprint density at radius 3 is 2.20 bits per heavy atom. The van der Waals surface area contributed by atoms with Crippen molar-refractivity contribution >= 4 is 11.8 Å². The molecular formula is C14H21F3N2S. The van der Waals surface area contributed by atoms with Gasteiger partial charge in [-0.1, -0.05) is 26.0 Å². The quantitative estimate of drug-likeness (QED) is 0.582. The molecule has 114 valence electrons. The maximum atomic E-state index is 12.2. The molecule has 1 rings (SSSR count). The number of thioether (sulfide) groups is 1. The number of alkyl halides is 3. The van der Waals surface area contributed by atoms with Crippen LogP contribution in [-0.2, 0) is 6.54 Å². The van der Waals surface area contributed by atoms with Crippen LogP contribution in [0.1, 0.15) is 19.4 Å². The number of benzene rings is 1. The van der Waals surface area contributed by atoms with Gasteiger partial charge in [-0.2, -0.15) is 13.2 Å². The third-order valence-electron chi connectivity index (χ3n) is 2.99. The maximum Gasteiger partial charge on any atom is 0.446 e. The Labute approximate surface area is 122 Å². The van der Waals surface area contributed by atoms with Gasteiger partial charge in [-0.15, -0.1) is 0 Å². The van der Waals surface area contributed by atoms with E-state index >= 15 is 0 Å². The van der Waals surface area contributed by atoms with Crippen LogP contribution in [0.15, 0.2) is 29.2 Å². The van der Waals surface area contributed by atoms with Crippen LogP contribution in [-0.4, -0.2) is 36.6 Å². The molecule has 0 aromatic heterocycles. The summed E-state index contributed by atoms with van der Waals surface area (Å²) in [6, 6.07) is 6.50. The molecule has 0 bridgehead atoms. The van der Waals surface area contributed by atoms with Gasteiger partial charge in [0.2, 0.25) is 0 Å². The maximum absolute atomic E-state index is 12.2. The van der Waals surface area contributed by atoms with E-state index in [1.54, 1.807) is 12.1 Å². The van der Waals surface area contributed by atoms with E-state index in [1.165, 1.54) is 12.1 Å². The molecule has 0 radical (unpaired) electrons. The molecule has 0 saturated heterocycles. The third kappa shape index (κ3) is 7.17. The molecule has 1 aromatic carbocycles. The Kier molecular flexibility index (Phi) is 7.40. The number of hydrogen-bond acceptors (Lipinski definition) is 3. The minimum Gasteiger partial charge on any atom is -0.311 e. The van der Waals surface area contributed by atoms with Crippen molar-refractivity contribution in [3.8, 4) is 0 Å². The van der Waals surface area contributed by atoms with Gasteiger partial charge < -0.3 is 10.2 Å². The molecule has 1 N–H and O–H groups in total. The molecule has 6 heteroatoms. The highest BCUT2D eigenvalue weighted by Crippen LogP contribution is 2.36. The zero-order chi connectivity index (χ0) is 15.0. The Morgan fingerprint density at radius 2 is 1.70 bits per heavy atom. The summed E-state index contributed by atoms with van der Waals surface area (Å²) in [5.74, 6) is 0. The average molecular weight is 306 g/mol. The van der Waals surface area contributed by atoms with Crippen LogP contribution in [0.4, 0.5) is 13.2 Å². The highest BCUT2D eigenvalue weighted by Gasteiger charge is 2.28. The first-order valence-corrected chi connectivity index (χ1v) is 7.54. The van der Waals surface area contributed by atoms with E-state index in [-0.39, 0.29) is 16.7 Å². The van der Waals surface area contributed by atoms with Crippen molar-refractivity contribution in [3.63, 3.8) is 0 Å². The average Bonchev–Trinajstić information content (AvgIpc) is 2.39. The van der Waals surface area contributed by atoms with Crippen molar-refractivity contribution in [1.82, 2.24) is 10.2 Å². The molecule has 0 heterocycles. The first kappa shape index (κ1) is 17.3. The van der Waals surface area contributed by atoms with Gasteiger partial charge in [-0.05, 0) is 42.5 Å². The molecule has 1 aromatic rings. The summed E-state index contributed by atoms with van der Waals surface area (Å²) in [4.78, 5) is 2.54. The van der Waals surface area contributed by atoms with E-state index < -0.39 is 5.51 Å². The molecule has 20 heavy (non-hydrogen) atoms. The second-order valence-electron chi connectivity index (χ2n) is 4.40. The van der Waals surface area contributed by atoms with Crippen molar-refractivity contribution in [2.75, 3.05) is 26.2 Å². The summed E-state index contributed by atoms with van der Waals surface area (Å²) in [6.45, 7) is 8.85. The van der Waals surface area contributed by atoms with Gasteiger partial charge in [0, 0.05) is 24.5 Å². The van der Waals surface area contributed by atoms with Crippen LogP contribution in [0.3, 0.4) is 0 Å². The minimum atomic E-state index is -4.22.